The van der Waals surface area contributed by atoms with Gasteiger partial charge in [0.25, 0.3) is 20.2 Å². The summed E-state index contributed by atoms with van der Waals surface area (Å²) in [4.78, 5) is 9.57. The average molecular weight is 467 g/mol. The topological polar surface area (TPSA) is 180 Å². The molecule has 0 aliphatic carbocycles. The Morgan fingerprint density at radius 3 is 2.04 bits per heavy atom. The minimum Gasteiger partial charge on any atom is -0.507 e. The summed E-state index contributed by atoms with van der Waals surface area (Å²) in [5, 5.41) is 11.8. The number of nitrogens with zero attached hydrogens (tertiary/aromatic N) is 3. The van der Waals surface area contributed by atoms with Gasteiger partial charge in [0.1, 0.15) is 10.6 Å². The Balaban J connectivity index is 2.34. The number of anilines is 2. The molecule has 0 saturated carbocycles. The number of phenolic OH excluding ortho intramolecular Hbond substituents is 1. The van der Waals surface area contributed by atoms with Crippen molar-refractivity contribution >= 4 is 65.8 Å². The van der Waals surface area contributed by atoms with E-state index in [1.807, 2.05) is 0 Å². The average Bonchev–Trinajstić information content (AvgIpc) is 2.51. The van der Waals surface area contributed by atoms with E-state index in [-0.39, 0.29) is 27.6 Å². The van der Waals surface area contributed by atoms with Gasteiger partial charge in [0.05, 0.1) is 10.6 Å². The quantitative estimate of drug-likeness (QED) is 0.414. The highest BCUT2D eigenvalue weighted by atomic mass is 35.5. The Bertz CT molecular complexity index is 1310. The maximum absolute atomic E-state index is 11.7. The Kier molecular flexibility index (Phi) is 5.07. The van der Waals surface area contributed by atoms with Crippen LogP contribution < -0.4 is 5.32 Å². The normalized spacial score (nSPS) is 12.3. The van der Waals surface area contributed by atoms with Crippen LogP contribution in [0.15, 0.2) is 34.1 Å². The van der Waals surface area contributed by atoms with E-state index in [2.05, 4.69) is 20.3 Å². The fourth-order valence-corrected chi connectivity index (χ4v) is 3.96. The summed E-state index contributed by atoms with van der Waals surface area (Å²) < 4.78 is 64.7. The second-order valence-electron chi connectivity index (χ2n) is 5.25. The number of hydrogen-bond acceptors (Lipinski definition) is 9. The third-order valence-corrected chi connectivity index (χ3v) is 5.51. The van der Waals surface area contributed by atoms with Crippen molar-refractivity contribution in [3.63, 3.8) is 0 Å². The summed E-state index contributed by atoms with van der Waals surface area (Å²) in [5.74, 6) is -0.881. The van der Waals surface area contributed by atoms with E-state index in [1.165, 1.54) is 0 Å². The van der Waals surface area contributed by atoms with Crippen molar-refractivity contribution in [1.82, 2.24) is 15.0 Å². The molecule has 0 aliphatic heterocycles. The van der Waals surface area contributed by atoms with Gasteiger partial charge in [-0.2, -0.15) is 31.8 Å². The molecule has 1 heterocycles. The molecular weight excluding hydrogens is 459 g/mol. The molecule has 148 valence electrons. The molecule has 28 heavy (non-hydrogen) atoms. The highest BCUT2D eigenvalue weighted by Gasteiger charge is 2.22. The van der Waals surface area contributed by atoms with Crippen LogP contribution in [0, 0.1) is 0 Å². The zero-order valence-electron chi connectivity index (χ0n) is 13.2. The maximum Gasteiger partial charge on any atom is 0.295 e. The summed E-state index contributed by atoms with van der Waals surface area (Å²) in [6, 6.07) is 3.57. The standard InChI is InChI=1S/C13H8Cl2N4O7S2/c14-11-17-12(15)19-13(18-11)16-7-1-2-9(28(24,25)26)6-3-5(27(21,22)23)4-8(20)10(6)7/h1-4,20H,(H,21,22,23)(H,24,25,26)(H,16,17,18,19). The van der Waals surface area contributed by atoms with Gasteiger partial charge in [-0.05, 0) is 41.4 Å². The maximum atomic E-state index is 11.7. The number of halogens is 2. The lowest BCUT2D eigenvalue weighted by Crippen LogP contribution is -2.05. The molecule has 15 heteroatoms. The second-order valence-corrected chi connectivity index (χ2v) is 8.74. The van der Waals surface area contributed by atoms with E-state index >= 15 is 0 Å². The molecule has 0 radical (unpaired) electrons. The third kappa shape index (κ3) is 4.09. The van der Waals surface area contributed by atoms with Gasteiger partial charge >= 0.3 is 0 Å². The SMILES string of the molecule is O=S(=O)(O)c1cc(O)c2c(Nc3nc(Cl)nc(Cl)n3)ccc(S(=O)(=O)O)c2c1. The Labute approximate surface area is 167 Å². The number of benzene rings is 2. The lowest BCUT2D eigenvalue weighted by molar-refractivity contribution is 0.470. The number of aromatic hydroxyl groups is 1. The molecule has 0 fully saturated rings. The van der Waals surface area contributed by atoms with Crippen molar-refractivity contribution in [2.45, 2.75) is 9.79 Å². The van der Waals surface area contributed by atoms with Crippen molar-refractivity contribution in [3.05, 3.63) is 34.8 Å². The molecule has 11 nitrogen and oxygen atoms in total. The number of phenols is 1. The van der Waals surface area contributed by atoms with Gasteiger partial charge in [-0.1, -0.05) is 0 Å². The lowest BCUT2D eigenvalue weighted by Gasteiger charge is -2.13. The molecule has 0 aliphatic rings. The molecule has 0 atom stereocenters. The molecule has 0 bridgehead atoms. The van der Waals surface area contributed by atoms with E-state index in [9.17, 15) is 31.0 Å². The summed E-state index contributed by atoms with van der Waals surface area (Å²) in [6.07, 6.45) is 0. The fraction of sp³-hybridized carbons (Fsp3) is 0. The van der Waals surface area contributed by atoms with Crippen LogP contribution in [0.3, 0.4) is 0 Å². The van der Waals surface area contributed by atoms with Gasteiger partial charge in [-0.25, -0.2) is 0 Å². The van der Waals surface area contributed by atoms with Crippen LogP contribution in [0.1, 0.15) is 0 Å². The highest BCUT2D eigenvalue weighted by molar-refractivity contribution is 7.86. The number of fused-ring (bicyclic) bond motifs is 1. The van der Waals surface area contributed by atoms with Gasteiger partial charge < -0.3 is 10.4 Å². The van der Waals surface area contributed by atoms with Crippen LogP contribution in [0.25, 0.3) is 10.8 Å². The molecule has 0 unspecified atom stereocenters. The molecular formula is C13H8Cl2N4O7S2. The van der Waals surface area contributed by atoms with E-state index in [0.29, 0.717) is 6.07 Å². The lowest BCUT2D eigenvalue weighted by atomic mass is 10.1. The summed E-state index contributed by atoms with van der Waals surface area (Å²) in [7, 11) is -9.60. The van der Waals surface area contributed by atoms with Gasteiger partial charge in [0, 0.05) is 16.8 Å². The first-order valence-corrected chi connectivity index (χ1v) is 10.6. The number of hydrogen-bond donors (Lipinski definition) is 4. The third-order valence-electron chi connectivity index (χ3n) is 3.43. The van der Waals surface area contributed by atoms with Crippen LogP contribution >= 0.6 is 23.2 Å². The van der Waals surface area contributed by atoms with Crippen molar-refractivity contribution in [2.75, 3.05) is 5.32 Å². The summed E-state index contributed by atoms with van der Waals surface area (Å²) in [5.41, 5.74) is 0.0140. The zero-order chi connectivity index (χ0) is 20.9. The van der Waals surface area contributed by atoms with E-state index in [0.717, 1.165) is 18.2 Å². The van der Waals surface area contributed by atoms with Crippen molar-refractivity contribution in [3.8, 4) is 5.75 Å². The molecule has 0 amide bonds. The number of aromatic nitrogens is 3. The van der Waals surface area contributed by atoms with Gasteiger partial charge in [-0.15, -0.1) is 0 Å². The first kappa shape index (κ1) is 20.4. The molecule has 0 spiro atoms. The number of rotatable bonds is 4. The molecule has 2 aromatic carbocycles. The summed E-state index contributed by atoms with van der Waals surface area (Å²) in [6.45, 7) is 0. The minimum atomic E-state index is -4.81. The first-order valence-electron chi connectivity index (χ1n) is 6.95. The van der Waals surface area contributed by atoms with E-state index in [1.54, 1.807) is 0 Å². The molecule has 3 aromatic rings. The second kappa shape index (κ2) is 6.95. The van der Waals surface area contributed by atoms with Gasteiger partial charge in [0.15, 0.2) is 0 Å². The van der Waals surface area contributed by atoms with Crippen molar-refractivity contribution in [1.29, 1.82) is 0 Å². The van der Waals surface area contributed by atoms with Crippen LogP contribution in [0.2, 0.25) is 10.6 Å². The molecule has 1 aromatic heterocycles. The number of nitrogens with one attached hydrogen (secondary N) is 1. The predicted octanol–water partition coefficient (Wildman–Crippen LogP) is 2.27. The van der Waals surface area contributed by atoms with Gasteiger partial charge in [-0.3, -0.25) is 9.11 Å². The Morgan fingerprint density at radius 1 is 0.893 bits per heavy atom. The largest absolute Gasteiger partial charge is 0.507 e. The molecule has 4 N–H and O–H groups in total. The van der Waals surface area contributed by atoms with E-state index < -0.39 is 41.2 Å². The van der Waals surface area contributed by atoms with Crippen LogP contribution in [-0.2, 0) is 20.2 Å². The van der Waals surface area contributed by atoms with Gasteiger partial charge in [0.2, 0.25) is 16.5 Å². The predicted molar refractivity (Wildman–Crippen MR) is 98.4 cm³/mol. The molecule has 0 saturated heterocycles. The van der Waals surface area contributed by atoms with E-state index in [4.69, 9.17) is 23.2 Å². The highest BCUT2D eigenvalue weighted by Crippen LogP contribution is 2.38. The Hall–Kier alpha value is -2.29. The van der Waals surface area contributed by atoms with Crippen LogP contribution in [0.5, 0.6) is 5.75 Å². The van der Waals surface area contributed by atoms with Crippen LogP contribution in [-0.4, -0.2) is 46.0 Å². The fourth-order valence-electron chi connectivity index (χ4n) is 2.39. The van der Waals surface area contributed by atoms with Crippen LogP contribution in [0.4, 0.5) is 11.6 Å². The van der Waals surface area contributed by atoms with Crippen molar-refractivity contribution in [2.24, 2.45) is 0 Å². The molecule has 3 rings (SSSR count). The monoisotopic (exact) mass is 466 g/mol. The summed E-state index contributed by atoms with van der Waals surface area (Å²) >= 11 is 11.4. The minimum absolute atomic E-state index is 0.0140. The smallest absolute Gasteiger partial charge is 0.295 e. The zero-order valence-corrected chi connectivity index (χ0v) is 16.3. The van der Waals surface area contributed by atoms with Crippen molar-refractivity contribution < 1.29 is 31.0 Å². The first-order chi connectivity index (χ1) is 12.9. The Morgan fingerprint density at radius 2 is 1.50 bits per heavy atom.